The average Bonchev–Trinajstić information content (AvgIpc) is 3.67. The standard InChI is InChI=1S/C34H38N2O9S/c1-22(2)18-35(46(41,42)28-12-13-31-32(17-28)44-21-43-31)19-30(39)26(14-24-8-5-4-6-9-24)16-29(38)33-20-36(34(40)45-33)27-11-7-10-25(15-27)23(3)37/h4-13,15,17,22,26,30,33,39H,14,16,18-21H2,1-3H3/t26-,30-,33+/m1/s1. The molecular formula is C34H38N2O9S. The van der Waals surface area contributed by atoms with Crippen LogP contribution in [0.1, 0.15) is 43.1 Å². The number of ether oxygens (including phenoxy) is 3. The minimum Gasteiger partial charge on any atom is -0.454 e. The lowest BCUT2D eigenvalue weighted by molar-refractivity contribution is -0.127. The maximum atomic E-state index is 13.9. The Morgan fingerprint density at radius 2 is 1.72 bits per heavy atom. The zero-order valence-corrected chi connectivity index (χ0v) is 26.8. The quantitative estimate of drug-likeness (QED) is 0.250. The molecule has 0 unspecified atom stereocenters. The second-order valence-electron chi connectivity index (χ2n) is 12.0. The molecule has 1 N–H and O–H groups in total. The number of aliphatic hydroxyl groups is 1. The van der Waals surface area contributed by atoms with Gasteiger partial charge in [0.2, 0.25) is 16.8 Å². The van der Waals surface area contributed by atoms with Gasteiger partial charge in [0.05, 0.1) is 17.5 Å². The Morgan fingerprint density at radius 1 is 0.978 bits per heavy atom. The van der Waals surface area contributed by atoms with Crippen molar-refractivity contribution in [2.75, 3.05) is 31.3 Å². The molecule has 11 nitrogen and oxygen atoms in total. The van der Waals surface area contributed by atoms with Crippen LogP contribution < -0.4 is 14.4 Å². The number of Topliss-reactive ketones (excluding diaryl/α,β-unsaturated/α-hetero) is 2. The predicted molar refractivity (Wildman–Crippen MR) is 169 cm³/mol. The van der Waals surface area contributed by atoms with Crippen molar-refractivity contribution in [2.45, 2.75) is 50.7 Å². The molecule has 0 aromatic heterocycles. The molecule has 0 aliphatic carbocycles. The van der Waals surface area contributed by atoms with Crippen molar-refractivity contribution in [1.29, 1.82) is 0 Å². The SMILES string of the molecule is CC(=O)c1cccc(N2C[C@@H](C(=O)C[C@@H](Cc3ccccc3)[C@H](O)CN(CC(C)C)S(=O)(=O)c3ccc4c(c3)OCO4)OC2=O)c1. The van der Waals surface area contributed by atoms with E-state index in [0.29, 0.717) is 29.2 Å². The van der Waals surface area contributed by atoms with Crippen molar-refractivity contribution in [1.82, 2.24) is 4.31 Å². The number of carbonyl (C=O) groups is 3. The second kappa shape index (κ2) is 14.0. The monoisotopic (exact) mass is 650 g/mol. The molecule has 1 fully saturated rings. The van der Waals surface area contributed by atoms with Gasteiger partial charge in [-0.05, 0) is 55.0 Å². The first kappa shape index (κ1) is 33.1. The Morgan fingerprint density at radius 3 is 2.43 bits per heavy atom. The number of anilines is 1. The highest BCUT2D eigenvalue weighted by atomic mass is 32.2. The number of nitrogens with zero attached hydrogens (tertiary/aromatic N) is 2. The van der Waals surface area contributed by atoms with Gasteiger partial charge < -0.3 is 19.3 Å². The number of fused-ring (bicyclic) bond motifs is 1. The molecule has 46 heavy (non-hydrogen) atoms. The van der Waals surface area contributed by atoms with Crippen LogP contribution in [0.3, 0.4) is 0 Å². The number of hydrogen-bond donors (Lipinski definition) is 1. The number of carbonyl (C=O) groups excluding carboxylic acids is 3. The molecular weight excluding hydrogens is 612 g/mol. The van der Waals surface area contributed by atoms with E-state index >= 15 is 0 Å². The molecule has 1 saturated heterocycles. The number of amides is 1. The van der Waals surface area contributed by atoms with E-state index in [1.165, 1.54) is 28.3 Å². The Hall–Kier alpha value is -4.26. The first-order chi connectivity index (χ1) is 21.9. The number of sulfonamides is 1. The van der Waals surface area contributed by atoms with Crippen molar-refractivity contribution in [2.24, 2.45) is 11.8 Å². The molecule has 2 aliphatic heterocycles. The number of benzene rings is 3. The lowest BCUT2D eigenvalue weighted by Gasteiger charge is -2.30. The summed E-state index contributed by atoms with van der Waals surface area (Å²) >= 11 is 0. The molecule has 1 amide bonds. The summed E-state index contributed by atoms with van der Waals surface area (Å²) in [6.45, 7) is 5.02. The lowest BCUT2D eigenvalue weighted by atomic mass is 9.88. The molecule has 0 bridgehead atoms. The number of ketones is 2. The van der Waals surface area contributed by atoms with Crippen molar-refractivity contribution < 1.29 is 42.1 Å². The van der Waals surface area contributed by atoms with Crippen LogP contribution >= 0.6 is 0 Å². The van der Waals surface area contributed by atoms with E-state index in [1.807, 2.05) is 44.2 Å². The van der Waals surface area contributed by atoms with E-state index in [1.54, 1.807) is 30.3 Å². The van der Waals surface area contributed by atoms with Crippen LogP contribution in [0.2, 0.25) is 0 Å². The fourth-order valence-electron chi connectivity index (χ4n) is 5.61. The number of hydrogen-bond acceptors (Lipinski definition) is 9. The topological polar surface area (TPSA) is 140 Å². The Bertz CT molecular complexity index is 1690. The third kappa shape index (κ3) is 7.57. The van der Waals surface area contributed by atoms with Gasteiger partial charge in [0, 0.05) is 36.8 Å². The van der Waals surface area contributed by atoms with Gasteiger partial charge in [0.1, 0.15) is 0 Å². The fraction of sp³-hybridized carbons (Fsp3) is 0.382. The summed E-state index contributed by atoms with van der Waals surface area (Å²) in [5.41, 5.74) is 1.72. The largest absolute Gasteiger partial charge is 0.454 e. The molecule has 244 valence electrons. The first-order valence-corrected chi connectivity index (χ1v) is 16.6. The lowest BCUT2D eigenvalue weighted by Crippen LogP contribution is -2.43. The predicted octanol–water partition coefficient (Wildman–Crippen LogP) is 4.47. The Kier molecular flexibility index (Phi) is 10.1. The minimum absolute atomic E-state index is 0.00131. The van der Waals surface area contributed by atoms with Gasteiger partial charge in [0.25, 0.3) is 0 Å². The Balaban J connectivity index is 1.35. The van der Waals surface area contributed by atoms with E-state index in [4.69, 9.17) is 14.2 Å². The van der Waals surface area contributed by atoms with Crippen molar-refractivity contribution in [3.8, 4) is 11.5 Å². The molecule has 2 aliphatic rings. The number of cyclic esters (lactones) is 1. The third-order valence-corrected chi connectivity index (χ3v) is 9.85. The molecule has 0 spiro atoms. The highest BCUT2D eigenvalue weighted by molar-refractivity contribution is 7.89. The van der Waals surface area contributed by atoms with Gasteiger partial charge in [-0.1, -0.05) is 56.3 Å². The summed E-state index contributed by atoms with van der Waals surface area (Å²) in [4.78, 5) is 39.6. The summed E-state index contributed by atoms with van der Waals surface area (Å²) < 4.78 is 45.1. The summed E-state index contributed by atoms with van der Waals surface area (Å²) in [7, 11) is -4.07. The molecule has 0 saturated carbocycles. The van der Waals surface area contributed by atoms with Crippen molar-refractivity contribution >= 4 is 33.4 Å². The average molecular weight is 651 g/mol. The maximum absolute atomic E-state index is 13.9. The summed E-state index contributed by atoms with van der Waals surface area (Å²) in [6, 6.07) is 20.2. The fourth-order valence-corrected chi connectivity index (χ4v) is 7.24. The molecule has 3 atom stereocenters. The van der Waals surface area contributed by atoms with Gasteiger partial charge in [-0.2, -0.15) is 4.31 Å². The molecule has 2 heterocycles. The van der Waals surface area contributed by atoms with Crippen LogP contribution in [0.25, 0.3) is 0 Å². The summed E-state index contributed by atoms with van der Waals surface area (Å²) in [5, 5.41) is 11.6. The van der Waals surface area contributed by atoms with Crippen LogP contribution in [0.4, 0.5) is 10.5 Å². The normalized spacial score (nSPS) is 17.3. The third-order valence-electron chi connectivity index (χ3n) is 8.02. The van der Waals surface area contributed by atoms with Gasteiger partial charge in [-0.3, -0.25) is 14.5 Å². The highest BCUT2D eigenvalue weighted by Gasteiger charge is 2.39. The van der Waals surface area contributed by atoms with E-state index in [-0.39, 0.29) is 49.4 Å². The maximum Gasteiger partial charge on any atom is 0.415 e. The van der Waals surface area contributed by atoms with Crippen molar-refractivity contribution in [3.63, 3.8) is 0 Å². The zero-order chi connectivity index (χ0) is 33.0. The Labute approximate surface area is 268 Å². The molecule has 5 rings (SSSR count). The molecule has 12 heteroatoms. The first-order valence-electron chi connectivity index (χ1n) is 15.2. The van der Waals surface area contributed by atoms with Crippen LogP contribution in [0, 0.1) is 11.8 Å². The highest BCUT2D eigenvalue weighted by Crippen LogP contribution is 2.35. The summed E-state index contributed by atoms with van der Waals surface area (Å²) in [5.74, 6) is -0.527. The van der Waals surface area contributed by atoms with Gasteiger partial charge >= 0.3 is 6.09 Å². The summed E-state index contributed by atoms with van der Waals surface area (Å²) in [6.07, 6.45) is -2.90. The van der Waals surface area contributed by atoms with Gasteiger partial charge in [-0.15, -0.1) is 0 Å². The number of aliphatic hydroxyl groups excluding tert-OH is 1. The van der Waals surface area contributed by atoms with Gasteiger partial charge in [-0.25, -0.2) is 13.2 Å². The van der Waals surface area contributed by atoms with Crippen LogP contribution in [-0.2, 0) is 26.0 Å². The van der Waals surface area contributed by atoms with E-state index < -0.39 is 40.0 Å². The van der Waals surface area contributed by atoms with Crippen LogP contribution in [0.15, 0.2) is 77.7 Å². The van der Waals surface area contributed by atoms with E-state index in [9.17, 15) is 27.9 Å². The molecule has 3 aromatic carbocycles. The molecule has 3 aromatic rings. The van der Waals surface area contributed by atoms with Gasteiger partial charge in [0.15, 0.2) is 29.2 Å². The van der Waals surface area contributed by atoms with Crippen LogP contribution in [-0.4, -0.2) is 74.1 Å². The number of rotatable bonds is 14. The van der Waals surface area contributed by atoms with E-state index in [0.717, 1.165) is 5.56 Å². The van der Waals surface area contributed by atoms with Crippen molar-refractivity contribution in [3.05, 3.63) is 83.9 Å². The minimum atomic E-state index is -4.07. The molecule has 0 radical (unpaired) electrons. The second-order valence-corrected chi connectivity index (χ2v) is 13.9. The smallest absolute Gasteiger partial charge is 0.415 e. The zero-order valence-electron chi connectivity index (χ0n) is 26.0. The van der Waals surface area contributed by atoms with E-state index in [2.05, 4.69) is 0 Å². The van der Waals surface area contributed by atoms with Crippen LogP contribution in [0.5, 0.6) is 11.5 Å².